The number of rotatable bonds is 5. The lowest BCUT2D eigenvalue weighted by Crippen LogP contribution is -2.53. The van der Waals surface area contributed by atoms with Gasteiger partial charge in [-0.1, -0.05) is 121 Å². The van der Waals surface area contributed by atoms with E-state index in [4.69, 9.17) is 23.3 Å². The molecule has 3 aliphatic heterocycles. The Bertz CT molecular complexity index is 1280. The van der Waals surface area contributed by atoms with Crippen LogP contribution >= 0.6 is 8.53 Å². The highest BCUT2D eigenvalue weighted by molar-refractivity contribution is 7.44. The summed E-state index contributed by atoms with van der Waals surface area (Å²) in [6, 6.07) is 41.6. The highest BCUT2D eigenvalue weighted by atomic mass is 31.2. The van der Waals surface area contributed by atoms with Crippen LogP contribution in [-0.4, -0.2) is 49.0 Å². The number of nitrogens with zero attached hydrogens (tertiary/aromatic N) is 1. The average molecular weight is 582 g/mol. The van der Waals surface area contributed by atoms with Crippen molar-refractivity contribution in [2.45, 2.75) is 43.0 Å². The summed E-state index contributed by atoms with van der Waals surface area (Å²) in [5, 5.41) is 0. The molecule has 4 aromatic carbocycles. The Morgan fingerprint density at radius 2 is 0.881 bits per heavy atom. The van der Waals surface area contributed by atoms with Gasteiger partial charge in [0.2, 0.25) is 0 Å². The number of ether oxygens (including phenoxy) is 3. The first-order chi connectivity index (χ1) is 20.5. The molecule has 7 rings (SSSR count). The van der Waals surface area contributed by atoms with Crippen LogP contribution in [0.2, 0.25) is 0 Å². The summed E-state index contributed by atoms with van der Waals surface area (Å²) in [6.07, 6.45) is -1.13. The summed E-state index contributed by atoms with van der Waals surface area (Å²) in [6.45, 7) is 6.60. The third-order valence-electron chi connectivity index (χ3n) is 8.37. The molecule has 0 N–H and O–H groups in total. The molecule has 3 saturated heterocycles. The first-order valence-corrected chi connectivity index (χ1v) is 15.7. The van der Waals surface area contributed by atoms with Crippen molar-refractivity contribution in [3.63, 3.8) is 0 Å². The lowest BCUT2D eigenvalue weighted by atomic mass is 9.72. The molecule has 3 fully saturated rings. The molecule has 0 aliphatic carbocycles. The monoisotopic (exact) mass is 581 g/mol. The fourth-order valence-corrected chi connectivity index (χ4v) is 8.38. The maximum atomic E-state index is 7.52. The van der Waals surface area contributed by atoms with Gasteiger partial charge in [-0.2, -0.15) is 0 Å². The molecule has 0 unspecified atom stereocenters. The van der Waals surface area contributed by atoms with Crippen molar-refractivity contribution in [1.82, 2.24) is 4.67 Å². The van der Waals surface area contributed by atoms with E-state index in [0.717, 1.165) is 22.3 Å². The first kappa shape index (κ1) is 27.9. The molecule has 0 saturated carbocycles. The number of hydrogen-bond acceptors (Lipinski definition) is 6. The van der Waals surface area contributed by atoms with Crippen LogP contribution in [0.4, 0.5) is 0 Å². The number of morpholine rings is 1. The molecular weight excluding hydrogens is 545 g/mol. The van der Waals surface area contributed by atoms with Crippen LogP contribution in [0.15, 0.2) is 121 Å². The fraction of sp³-hybridized carbons (Fsp3) is 0.314. The average Bonchev–Trinajstić information content (AvgIpc) is 3.33. The van der Waals surface area contributed by atoms with Crippen molar-refractivity contribution >= 4 is 8.53 Å². The summed E-state index contributed by atoms with van der Waals surface area (Å²) >= 11 is 0. The van der Waals surface area contributed by atoms with Crippen LogP contribution < -0.4 is 0 Å². The van der Waals surface area contributed by atoms with Crippen molar-refractivity contribution in [2.75, 3.05) is 26.3 Å². The van der Waals surface area contributed by atoms with E-state index in [9.17, 15) is 0 Å². The molecule has 216 valence electrons. The zero-order valence-electron chi connectivity index (χ0n) is 24.0. The SMILES string of the molecule is CC1(C)O[C@@H]2[C@@H](O1)C(c1ccccc1)(c1ccccc1)OP(N1CCOCC1)OC2(c1ccccc1)c1ccccc1. The van der Waals surface area contributed by atoms with Crippen LogP contribution in [0, 0.1) is 0 Å². The van der Waals surface area contributed by atoms with Gasteiger partial charge >= 0.3 is 0 Å². The van der Waals surface area contributed by atoms with E-state index >= 15 is 0 Å². The van der Waals surface area contributed by atoms with E-state index in [2.05, 4.69) is 102 Å². The molecule has 0 aromatic heterocycles. The van der Waals surface area contributed by atoms with Crippen molar-refractivity contribution in [3.05, 3.63) is 144 Å². The van der Waals surface area contributed by atoms with E-state index in [1.165, 1.54) is 0 Å². The quantitative estimate of drug-likeness (QED) is 0.237. The maximum Gasteiger partial charge on any atom is 0.261 e. The number of benzene rings is 4. The number of hydrogen-bond donors (Lipinski definition) is 0. The molecule has 4 aromatic rings. The van der Waals surface area contributed by atoms with Crippen molar-refractivity contribution in [1.29, 1.82) is 0 Å². The van der Waals surface area contributed by atoms with Gasteiger partial charge in [-0.15, -0.1) is 0 Å². The molecule has 0 spiro atoms. The summed E-state index contributed by atoms with van der Waals surface area (Å²) in [7, 11) is -1.65. The topological polar surface area (TPSA) is 49.4 Å². The predicted molar refractivity (Wildman–Crippen MR) is 163 cm³/mol. The van der Waals surface area contributed by atoms with Crippen LogP contribution in [0.1, 0.15) is 36.1 Å². The fourth-order valence-electron chi connectivity index (χ4n) is 6.50. The van der Waals surface area contributed by atoms with E-state index in [0.29, 0.717) is 26.3 Å². The second kappa shape index (κ2) is 11.3. The van der Waals surface area contributed by atoms with Crippen LogP contribution in [0.25, 0.3) is 0 Å². The number of fused-ring (bicyclic) bond motifs is 1. The van der Waals surface area contributed by atoms with E-state index < -0.39 is 37.7 Å². The summed E-state index contributed by atoms with van der Waals surface area (Å²) in [4.78, 5) is 0. The van der Waals surface area contributed by atoms with Crippen molar-refractivity contribution in [3.8, 4) is 0 Å². The summed E-state index contributed by atoms with van der Waals surface area (Å²) in [5.74, 6) is -0.898. The second-order valence-electron chi connectivity index (χ2n) is 11.4. The van der Waals surface area contributed by atoms with Gasteiger partial charge in [0.1, 0.15) is 12.2 Å². The van der Waals surface area contributed by atoms with Gasteiger partial charge in [-0.25, -0.2) is 4.67 Å². The zero-order chi connectivity index (χ0) is 28.6. The lowest BCUT2D eigenvalue weighted by Gasteiger charge is -2.42. The third-order valence-corrected chi connectivity index (χ3v) is 10.1. The van der Waals surface area contributed by atoms with Gasteiger partial charge in [0.25, 0.3) is 8.53 Å². The van der Waals surface area contributed by atoms with Gasteiger partial charge in [-0.05, 0) is 36.1 Å². The van der Waals surface area contributed by atoms with Crippen LogP contribution in [0.5, 0.6) is 0 Å². The molecule has 0 bridgehead atoms. The minimum absolute atomic E-state index is 0.564. The summed E-state index contributed by atoms with van der Waals surface area (Å²) in [5.41, 5.74) is 1.91. The van der Waals surface area contributed by atoms with Crippen LogP contribution in [0.3, 0.4) is 0 Å². The standard InChI is InChI=1S/C35H36NO5P/c1-33(2)38-31-32(39-33)35(29-19-11-5-12-20-29,30-21-13-6-14-22-30)41-42(36-23-25-37-26-24-36)40-34(31,27-15-7-3-8-16-27)28-17-9-4-10-18-28/h3-22,31-32H,23-26H2,1-2H3/t31-,32-/m1/s1. The Labute approximate surface area is 249 Å². The van der Waals surface area contributed by atoms with Gasteiger partial charge in [0.15, 0.2) is 17.0 Å². The Morgan fingerprint density at radius 3 is 1.21 bits per heavy atom. The Balaban J connectivity index is 1.55. The maximum absolute atomic E-state index is 7.52. The molecule has 42 heavy (non-hydrogen) atoms. The molecule has 0 amide bonds. The van der Waals surface area contributed by atoms with Gasteiger partial charge < -0.3 is 23.3 Å². The molecule has 0 radical (unpaired) electrons. The van der Waals surface area contributed by atoms with E-state index in [1.807, 2.05) is 38.1 Å². The van der Waals surface area contributed by atoms with Gasteiger partial charge in [-0.3, -0.25) is 0 Å². The van der Waals surface area contributed by atoms with Crippen LogP contribution in [-0.2, 0) is 34.5 Å². The minimum Gasteiger partial charge on any atom is -0.379 e. The largest absolute Gasteiger partial charge is 0.379 e. The Kier molecular flexibility index (Phi) is 7.49. The van der Waals surface area contributed by atoms with Gasteiger partial charge in [0.05, 0.1) is 13.2 Å². The van der Waals surface area contributed by atoms with E-state index in [-0.39, 0.29) is 0 Å². The summed E-state index contributed by atoms with van der Waals surface area (Å²) < 4.78 is 37.2. The Hall–Kier alpha value is -2.93. The Morgan fingerprint density at radius 1 is 0.548 bits per heavy atom. The predicted octanol–water partition coefficient (Wildman–Crippen LogP) is 7.00. The smallest absolute Gasteiger partial charge is 0.261 e. The molecule has 3 heterocycles. The highest BCUT2D eigenvalue weighted by Gasteiger charge is 2.67. The first-order valence-electron chi connectivity index (χ1n) is 14.6. The zero-order valence-corrected chi connectivity index (χ0v) is 24.9. The molecule has 6 nitrogen and oxygen atoms in total. The van der Waals surface area contributed by atoms with E-state index in [1.54, 1.807) is 0 Å². The van der Waals surface area contributed by atoms with Gasteiger partial charge in [0, 0.05) is 13.1 Å². The van der Waals surface area contributed by atoms with Crippen molar-refractivity contribution < 1.29 is 23.3 Å². The molecule has 2 atom stereocenters. The molecular formula is C35H36NO5P. The highest BCUT2D eigenvalue weighted by Crippen LogP contribution is 2.65. The second-order valence-corrected chi connectivity index (χ2v) is 12.8. The molecule has 3 aliphatic rings. The minimum atomic E-state index is -1.65. The normalized spacial score (nSPS) is 25.4. The lowest BCUT2D eigenvalue weighted by molar-refractivity contribution is -0.175. The van der Waals surface area contributed by atoms with Crippen molar-refractivity contribution in [2.24, 2.45) is 0 Å². The third kappa shape index (κ3) is 4.72. The molecule has 7 heteroatoms.